The molecule has 0 aromatic heterocycles. The fraction of sp³-hybridized carbons (Fsp3) is 0.500. The number of nitrogens with one attached hydrogen (secondary N) is 1. The molecule has 0 bridgehead atoms. The number of amides is 2. The van der Waals surface area contributed by atoms with Gasteiger partial charge in [-0.15, -0.1) is 0 Å². The van der Waals surface area contributed by atoms with E-state index in [0.29, 0.717) is 24.8 Å². The predicted octanol–water partition coefficient (Wildman–Crippen LogP) is 1.49. The summed E-state index contributed by atoms with van der Waals surface area (Å²) in [6, 6.07) is 3.03. The van der Waals surface area contributed by atoms with Gasteiger partial charge in [0.1, 0.15) is 11.9 Å². The summed E-state index contributed by atoms with van der Waals surface area (Å²) >= 11 is 0. The molecule has 2 amide bonds. The number of piperidine rings is 1. The third-order valence-electron chi connectivity index (χ3n) is 4.19. The Labute approximate surface area is 155 Å². The number of benzene rings is 1. The van der Waals surface area contributed by atoms with Crippen LogP contribution in [0.2, 0.25) is 0 Å². The first-order chi connectivity index (χ1) is 12.7. The Hall–Kier alpha value is -2.00. The van der Waals surface area contributed by atoms with E-state index in [1.54, 1.807) is 6.07 Å². The lowest BCUT2D eigenvalue weighted by Crippen LogP contribution is -2.54. The van der Waals surface area contributed by atoms with Crippen LogP contribution in [0.3, 0.4) is 0 Å². The lowest BCUT2D eigenvalue weighted by Gasteiger charge is -2.34. The molecule has 150 valence electrons. The Kier molecular flexibility index (Phi) is 7.32. The first kappa shape index (κ1) is 21.3. The van der Waals surface area contributed by atoms with E-state index in [1.807, 2.05) is 0 Å². The number of carbonyl (C=O) groups is 2. The van der Waals surface area contributed by atoms with Gasteiger partial charge in [-0.2, -0.15) is 0 Å². The van der Waals surface area contributed by atoms with E-state index in [9.17, 15) is 23.7 Å². The van der Waals surface area contributed by atoms with Gasteiger partial charge >= 0.3 is 19.8 Å². The fourth-order valence-corrected chi connectivity index (χ4v) is 3.35. The number of phosphoric acid groups is 1. The highest BCUT2D eigenvalue weighted by Gasteiger charge is 2.33. The molecule has 27 heavy (non-hydrogen) atoms. The number of carboxylic acids is 1. The molecule has 0 saturated carbocycles. The molecular weight excluding hydrogens is 382 g/mol. The molecule has 4 N–H and O–H groups in total. The quantitative estimate of drug-likeness (QED) is 0.506. The van der Waals surface area contributed by atoms with E-state index in [-0.39, 0.29) is 13.0 Å². The SMILES string of the molecule is O=C(O)[C@@H]1CCCCN1C(=O)N[C@@H](COP(=O)(O)O)Cc1cccc(F)c1. The van der Waals surface area contributed by atoms with Gasteiger partial charge in [0.15, 0.2) is 0 Å². The number of nitrogens with zero attached hydrogens (tertiary/aromatic N) is 1. The molecule has 2 atom stereocenters. The van der Waals surface area contributed by atoms with Crippen molar-refractivity contribution in [1.29, 1.82) is 0 Å². The first-order valence-corrected chi connectivity index (χ1v) is 9.93. The topological polar surface area (TPSA) is 136 Å². The van der Waals surface area contributed by atoms with Gasteiger partial charge in [-0.25, -0.2) is 18.5 Å². The molecule has 1 aliphatic rings. The van der Waals surface area contributed by atoms with E-state index in [1.165, 1.54) is 23.1 Å². The highest BCUT2D eigenvalue weighted by atomic mass is 31.2. The van der Waals surface area contributed by atoms with Crippen molar-refractivity contribution in [2.45, 2.75) is 37.8 Å². The number of phosphoric ester groups is 1. The zero-order valence-corrected chi connectivity index (χ0v) is 15.3. The van der Waals surface area contributed by atoms with E-state index in [0.717, 1.165) is 0 Å². The monoisotopic (exact) mass is 404 g/mol. The minimum atomic E-state index is -4.77. The van der Waals surface area contributed by atoms with Crippen molar-refractivity contribution in [1.82, 2.24) is 10.2 Å². The number of likely N-dealkylation sites (tertiary alicyclic amines) is 1. The molecule has 1 heterocycles. The van der Waals surface area contributed by atoms with Gasteiger partial charge in [0.2, 0.25) is 0 Å². The Morgan fingerprint density at radius 2 is 2.11 bits per heavy atom. The fourth-order valence-electron chi connectivity index (χ4n) is 2.98. The van der Waals surface area contributed by atoms with Gasteiger partial charge < -0.3 is 25.1 Å². The molecule has 2 rings (SSSR count). The van der Waals surface area contributed by atoms with Crippen molar-refractivity contribution in [2.75, 3.05) is 13.2 Å². The lowest BCUT2D eigenvalue weighted by atomic mass is 10.0. The maximum Gasteiger partial charge on any atom is 0.469 e. The molecular formula is C16H22FN2O7P. The van der Waals surface area contributed by atoms with Crippen LogP contribution >= 0.6 is 7.82 Å². The molecule has 0 unspecified atom stereocenters. The first-order valence-electron chi connectivity index (χ1n) is 8.40. The number of rotatable bonds is 7. The highest BCUT2D eigenvalue weighted by Crippen LogP contribution is 2.35. The van der Waals surface area contributed by atoms with Crippen LogP contribution in [0.1, 0.15) is 24.8 Å². The number of carbonyl (C=O) groups excluding carboxylic acids is 1. The summed E-state index contributed by atoms with van der Waals surface area (Å²) in [4.78, 5) is 42.9. The molecule has 1 fully saturated rings. The van der Waals surface area contributed by atoms with Crippen LogP contribution in [0.4, 0.5) is 9.18 Å². The van der Waals surface area contributed by atoms with Crippen LogP contribution in [0, 0.1) is 5.82 Å². The molecule has 9 nitrogen and oxygen atoms in total. The summed E-state index contributed by atoms with van der Waals surface area (Å²) in [5.74, 6) is -1.60. The summed E-state index contributed by atoms with van der Waals surface area (Å²) in [6.45, 7) is -0.257. The van der Waals surface area contributed by atoms with Crippen LogP contribution in [0.15, 0.2) is 24.3 Å². The number of aliphatic carboxylic acids is 1. The van der Waals surface area contributed by atoms with Crippen molar-refractivity contribution in [3.63, 3.8) is 0 Å². The number of carboxylic acid groups (broad SMARTS) is 1. The van der Waals surface area contributed by atoms with E-state index < -0.39 is 44.3 Å². The van der Waals surface area contributed by atoms with Crippen molar-refractivity contribution >= 4 is 19.8 Å². The Morgan fingerprint density at radius 1 is 1.37 bits per heavy atom. The minimum absolute atomic E-state index is 0.0507. The van der Waals surface area contributed by atoms with Crippen LogP contribution < -0.4 is 5.32 Å². The smallest absolute Gasteiger partial charge is 0.469 e. The number of urea groups is 1. The molecule has 11 heteroatoms. The summed E-state index contributed by atoms with van der Waals surface area (Å²) in [5, 5.41) is 11.8. The predicted molar refractivity (Wildman–Crippen MR) is 92.4 cm³/mol. The van der Waals surface area contributed by atoms with Crippen molar-refractivity contribution in [2.24, 2.45) is 0 Å². The maximum atomic E-state index is 13.4. The molecule has 1 saturated heterocycles. The Morgan fingerprint density at radius 3 is 2.74 bits per heavy atom. The summed E-state index contributed by atoms with van der Waals surface area (Å²) < 4.78 is 28.8. The second kappa shape index (κ2) is 9.27. The van der Waals surface area contributed by atoms with Gasteiger partial charge in [0.05, 0.1) is 12.6 Å². The molecule has 1 aliphatic heterocycles. The van der Waals surface area contributed by atoms with E-state index in [2.05, 4.69) is 9.84 Å². The molecule has 0 aliphatic carbocycles. The summed E-state index contributed by atoms with van der Waals surface area (Å²) in [7, 11) is -4.77. The third-order valence-corrected chi connectivity index (χ3v) is 4.68. The van der Waals surface area contributed by atoms with Gasteiger partial charge in [0, 0.05) is 6.54 Å². The average Bonchev–Trinajstić information content (AvgIpc) is 2.59. The standard InChI is InChI=1S/C16H22FN2O7P/c17-12-5-3-4-11(8-12)9-13(10-26-27(23,24)25)18-16(22)19-7-2-1-6-14(19)15(20)21/h3-5,8,13-14H,1-2,6-7,9-10H2,(H,18,22)(H,20,21)(H2,23,24,25)/t13-,14+/m1/s1. The van der Waals surface area contributed by atoms with Crippen molar-refractivity contribution in [3.05, 3.63) is 35.6 Å². The molecule has 0 spiro atoms. The largest absolute Gasteiger partial charge is 0.480 e. The van der Waals surface area contributed by atoms with Crippen molar-refractivity contribution < 1.29 is 38.0 Å². The molecule has 0 radical (unpaired) electrons. The number of halogens is 1. The zero-order chi connectivity index (χ0) is 20.0. The number of hydrogen-bond acceptors (Lipinski definition) is 4. The van der Waals surface area contributed by atoms with Gasteiger partial charge in [-0.3, -0.25) is 4.52 Å². The van der Waals surface area contributed by atoms with E-state index in [4.69, 9.17) is 9.79 Å². The molecule has 1 aromatic rings. The Balaban J connectivity index is 2.10. The molecule has 1 aromatic carbocycles. The zero-order valence-electron chi connectivity index (χ0n) is 14.5. The van der Waals surface area contributed by atoms with Crippen LogP contribution in [0.5, 0.6) is 0 Å². The second-order valence-corrected chi connectivity index (χ2v) is 7.55. The van der Waals surface area contributed by atoms with Crippen LogP contribution in [-0.4, -0.2) is 57.0 Å². The summed E-state index contributed by atoms with van der Waals surface area (Å²) in [6.07, 6.45) is 1.73. The normalized spacial score (nSPS) is 18.8. The highest BCUT2D eigenvalue weighted by molar-refractivity contribution is 7.46. The summed E-state index contributed by atoms with van der Waals surface area (Å²) in [5.41, 5.74) is 0.489. The van der Waals surface area contributed by atoms with Crippen molar-refractivity contribution in [3.8, 4) is 0 Å². The van der Waals surface area contributed by atoms with Gasteiger partial charge in [-0.1, -0.05) is 12.1 Å². The van der Waals surface area contributed by atoms with E-state index >= 15 is 0 Å². The maximum absolute atomic E-state index is 13.4. The third kappa shape index (κ3) is 6.91. The number of hydrogen-bond donors (Lipinski definition) is 4. The minimum Gasteiger partial charge on any atom is -0.480 e. The Bertz CT molecular complexity index is 726. The van der Waals surface area contributed by atoms with Gasteiger partial charge in [0.25, 0.3) is 0 Å². The second-order valence-electron chi connectivity index (χ2n) is 6.31. The van der Waals surface area contributed by atoms with Gasteiger partial charge in [-0.05, 0) is 43.4 Å². The lowest BCUT2D eigenvalue weighted by molar-refractivity contribution is -0.143. The van der Waals surface area contributed by atoms with Crippen LogP contribution in [-0.2, 0) is 20.3 Å². The van der Waals surface area contributed by atoms with Crippen LogP contribution in [0.25, 0.3) is 0 Å². The average molecular weight is 404 g/mol.